The maximum Gasteiger partial charge on any atom is 0.207 e. The molecule has 2 N–H and O–H groups in total. The Morgan fingerprint density at radius 1 is 1.16 bits per heavy atom. The van der Waals surface area contributed by atoms with Crippen LogP contribution in [-0.4, -0.2) is 29.7 Å². The lowest BCUT2D eigenvalue weighted by molar-refractivity contribution is -0.0638. The van der Waals surface area contributed by atoms with E-state index >= 15 is 0 Å². The summed E-state index contributed by atoms with van der Waals surface area (Å²) in [5.41, 5.74) is -2.41. The summed E-state index contributed by atoms with van der Waals surface area (Å²) in [5, 5.41) is 21.9. The van der Waals surface area contributed by atoms with Gasteiger partial charge in [-0.3, -0.25) is 0 Å². The van der Waals surface area contributed by atoms with Crippen LogP contribution in [0.3, 0.4) is 0 Å². The topological polar surface area (TPSA) is 74.6 Å². The van der Waals surface area contributed by atoms with Gasteiger partial charge in [0.2, 0.25) is 9.84 Å². The van der Waals surface area contributed by atoms with Crippen LogP contribution in [0.15, 0.2) is 29.2 Å². The maximum absolute atomic E-state index is 12.9. The zero-order valence-corrected chi connectivity index (χ0v) is 16.3. The van der Waals surface area contributed by atoms with Gasteiger partial charge in [0.15, 0.2) is 5.44 Å². The number of rotatable bonds is 8. The van der Waals surface area contributed by atoms with E-state index in [-0.39, 0.29) is 4.90 Å². The molecule has 0 heterocycles. The fraction of sp³-hybridized carbons (Fsp3) is 0.700. The van der Waals surface area contributed by atoms with E-state index in [1.807, 2.05) is 13.8 Å². The minimum atomic E-state index is -3.99. The molecule has 4 nitrogen and oxygen atoms in total. The number of aryl methyl sites for hydroxylation is 1. The largest absolute Gasteiger partial charge is 0.386 e. The van der Waals surface area contributed by atoms with Gasteiger partial charge in [-0.15, -0.1) is 0 Å². The number of hydrogen-bond acceptors (Lipinski definition) is 4. The molecule has 2 rings (SSSR count). The lowest BCUT2D eigenvalue weighted by atomic mass is 9.79. The molecule has 0 bridgehead atoms. The zero-order valence-electron chi connectivity index (χ0n) is 15.4. The summed E-state index contributed by atoms with van der Waals surface area (Å²) in [6.07, 6.45) is 7.68. The van der Waals surface area contributed by atoms with Crippen molar-refractivity contribution in [2.24, 2.45) is 5.92 Å². The summed E-state index contributed by atoms with van der Waals surface area (Å²) < 4.78 is 25.8. The molecule has 2 atom stereocenters. The first-order valence-electron chi connectivity index (χ1n) is 9.50. The number of benzene rings is 1. The summed E-state index contributed by atoms with van der Waals surface area (Å²) in [6, 6.07) is 6.45. The van der Waals surface area contributed by atoms with Crippen molar-refractivity contribution >= 4 is 9.84 Å². The SMILES string of the molecule is CCCCC(O)(CC1CCCCC1)C(O)S(=O)(=O)c1ccc(C)cc1. The second-order valence-corrected chi connectivity index (χ2v) is 9.63. The highest BCUT2D eigenvalue weighted by Crippen LogP contribution is 2.37. The Labute approximate surface area is 152 Å². The van der Waals surface area contributed by atoms with Gasteiger partial charge in [0, 0.05) is 0 Å². The van der Waals surface area contributed by atoms with Crippen LogP contribution < -0.4 is 0 Å². The normalized spacial score (nSPS) is 20.2. The molecule has 142 valence electrons. The van der Waals surface area contributed by atoms with Crippen LogP contribution in [0.5, 0.6) is 0 Å². The van der Waals surface area contributed by atoms with E-state index in [0.717, 1.165) is 37.7 Å². The summed E-state index contributed by atoms with van der Waals surface area (Å²) in [5.74, 6) is 0.290. The Morgan fingerprint density at radius 3 is 2.32 bits per heavy atom. The van der Waals surface area contributed by atoms with Crippen LogP contribution in [0.2, 0.25) is 0 Å². The van der Waals surface area contributed by atoms with Crippen LogP contribution in [-0.2, 0) is 9.84 Å². The Balaban J connectivity index is 2.26. The molecular weight excluding hydrogens is 336 g/mol. The molecule has 0 spiro atoms. The third-order valence-corrected chi connectivity index (χ3v) is 7.39. The highest BCUT2D eigenvalue weighted by molar-refractivity contribution is 7.92. The van der Waals surface area contributed by atoms with Crippen molar-refractivity contribution in [1.82, 2.24) is 0 Å². The standard InChI is InChI=1S/C20H32O4S/c1-3-4-14-20(22,15-17-8-6-5-7-9-17)19(21)25(23,24)18-12-10-16(2)11-13-18/h10-13,17,19,21-22H,3-9,14-15H2,1-2H3. The molecule has 25 heavy (non-hydrogen) atoms. The molecule has 1 fully saturated rings. The summed E-state index contributed by atoms with van der Waals surface area (Å²) in [4.78, 5) is 0.0733. The number of hydrogen-bond donors (Lipinski definition) is 2. The molecule has 5 heteroatoms. The summed E-state index contributed by atoms with van der Waals surface area (Å²) in [7, 11) is -3.99. The van der Waals surface area contributed by atoms with Crippen LogP contribution in [0, 0.1) is 12.8 Å². The molecule has 0 amide bonds. The van der Waals surface area contributed by atoms with Gasteiger partial charge in [-0.25, -0.2) is 8.42 Å². The first-order chi connectivity index (χ1) is 11.8. The van der Waals surface area contributed by atoms with Gasteiger partial charge >= 0.3 is 0 Å². The van der Waals surface area contributed by atoms with Crippen molar-refractivity contribution in [1.29, 1.82) is 0 Å². The fourth-order valence-corrected chi connectivity index (χ4v) is 5.41. The minimum absolute atomic E-state index is 0.0733. The van der Waals surface area contributed by atoms with Gasteiger partial charge < -0.3 is 10.2 Å². The molecule has 0 saturated heterocycles. The molecule has 0 aromatic heterocycles. The van der Waals surface area contributed by atoms with Gasteiger partial charge in [-0.05, 0) is 37.8 Å². The lowest BCUT2D eigenvalue weighted by Crippen LogP contribution is -2.48. The van der Waals surface area contributed by atoms with E-state index in [1.165, 1.54) is 18.6 Å². The number of sulfone groups is 1. The van der Waals surface area contributed by atoms with Crippen molar-refractivity contribution in [2.45, 2.75) is 87.6 Å². The molecule has 1 aromatic rings. The average Bonchev–Trinajstić information content (AvgIpc) is 2.60. The molecule has 0 radical (unpaired) electrons. The maximum atomic E-state index is 12.9. The smallest absolute Gasteiger partial charge is 0.207 e. The summed E-state index contributed by atoms with van der Waals surface area (Å²) in [6.45, 7) is 3.88. The first-order valence-corrected chi connectivity index (χ1v) is 11.1. The molecule has 1 aromatic carbocycles. The summed E-state index contributed by atoms with van der Waals surface area (Å²) >= 11 is 0. The van der Waals surface area contributed by atoms with Crippen LogP contribution in [0.4, 0.5) is 0 Å². The molecule has 0 aliphatic heterocycles. The van der Waals surface area contributed by atoms with Crippen molar-refractivity contribution in [3.63, 3.8) is 0 Å². The van der Waals surface area contributed by atoms with E-state index in [9.17, 15) is 18.6 Å². The Hall–Kier alpha value is -0.910. The first kappa shape index (κ1) is 20.4. The number of aliphatic hydroxyl groups is 2. The lowest BCUT2D eigenvalue weighted by Gasteiger charge is -2.37. The van der Waals surface area contributed by atoms with Crippen molar-refractivity contribution in [3.8, 4) is 0 Å². The van der Waals surface area contributed by atoms with Crippen molar-refractivity contribution in [3.05, 3.63) is 29.8 Å². The van der Waals surface area contributed by atoms with E-state index in [0.29, 0.717) is 25.2 Å². The van der Waals surface area contributed by atoms with Gasteiger partial charge in [-0.2, -0.15) is 0 Å². The average molecular weight is 369 g/mol. The zero-order chi connectivity index (χ0) is 18.5. The predicted octanol–water partition coefficient (Wildman–Crippen LogP) is 3.98. The van der Waals surface area contributed by atoms with Gasteiger partial charge in [-0.1, -0.05) is 69.6 Å². The molecule has 1 aliphatic rings. The Bertz CT molecular complexity index is 632. The quantitative estimate of drug-likeness (QED) is 0.728. The third kappa shape index (κ3) is 5.05. The van der Waals surface area contributed by atoms with Crippen molar-refractivity contribution < 1.29 is 18.6 Å². The molecule has 1 saturated carbocycles. The van der Waals surface area contributed by atoms with E-state index in [2.05, 4.69) is 0 Å². The number of unbranched alkanes of at least 4 members (excludes halogenated alkanes) is 1. The van der Waals surface area contributed by atoms with Crippen LogP contribution in [0.1, 0.15) is 70.3 Å². The van der Waals surface area contributed by atoms with Crippen molar-refractivity contribution in [2.75, 3.05) is 0 Å². The fourth-order valence-electron chi connectivity index (χ4n) is 3.85. The van der Waals surface area contributed by atoms with E-state index < -0.39 is 20.9 Å². The van der Waals surface area contributed by atoms with Crippen LogP contribution >= 0.6 is 0 Å². The van der Waals surface area contributed by atoms with Gasteiger partial charge in [0.05, 0.1) is 4.90 Å². The van der Waals surface area contributed by atoms with Crippen LogP contribution in [0.25, 0.3) is 0 Å². The molecular formula is C20H32O4S. The Kier molecular flexibility index (Phi) is 7.06. The van der Waals surface area contributed by atoms with Gasteiger partial charge in [0.1, 0.15) is 5.60 Å². The number of aliphatic hydroxyl groups excluding tert-OH is 1. The minimum Gasteiger partial charge on any atom is -0.386 e. The van der Waals surface area contributed by atoms with E-state index in [4.69, 9.17) is 0 Å². The molecule has 1 aliphatic carbocycles. The highest BCUT2D eigenvalue weighted by atomic mass is 32.2. The van der Waals surface area contributed by atoms with Gasteiger partial charge in [0.25, 0.3) is 0 Å². The second kappa shape index (κ2) is 8.65. The highest BCUT2D eigenvalue weighted by Gasteiger charge is 2.45. The molecule has 2 unspecified atom stereocenters. The predicted molar refractivity (Wildman–Crippen MR) is 100 cm³/mol. The Morgan fingerprint density at radius 2 is 1.76 bits per heavy atom. The second-order valence-electron chi connectivity index (χ2n) is 7.63. The van der Waals surface area contributed by atoms with E-state index in [1.54, 1.807) is 12.1 Å². The monoisotopic (exact) mass is 368 g/mol. The third-order valence-electron chi connectivity index (χ3n) is 5.43.